The number of carbonyl (C=O) groups excluding carboxylic acids is 1. The Hall–Kier alpha value is -1.58. The van der Waals surface area contributed by atoms with E-state index in [1.807, 2.05) is 0 Å². The number of alkyl carbamates (subject to hydrolysis) is 1. The van der Waals surface area contributed by atoms with Gasteiger partial charge in [0.1, 0.15) is 12.4 Å². The van der Waals surface area contributed by atoms with E-state index in [2.05, 4.69) is 10.1 Å². The van der Waals surface area contributed by atoms with Crippen LogP contribution in [0.2, 0.25) is 0 Å². The second-order valence-electron chi connectivity index (χ2n) is 2.85. The largest absolute Gasteiger partial charge is 0.447 e. The number of carbonyl (C=O) groups is 1. The lowest BCUT2D eigenvalue weighted by Gasteiger charge is -2.06. The van der Waals surface area contributed by atoms with Crippen LogP contribution in [0.25, 0.3) is 0 Å². The predicted molar refractivity (Wildman–Crippen MR) is 43.6 cm³/mol. The van der Waals surface area contributed by atoms with Gasteiger partial charge < -0.3 is 10.1 Å². The molecule has 0 unspecified atom stereocenters. The van der Waals surface area contributed by atoms with Gasteiger partial charge in [-0.25, -0.2) is 9.18 Å². The topological polar surface area (TPSA) is 38.3 Å². The summed E-state index contributed by atoms with van der Waals surface area (Å²) in [4.78, 5) is 10.7. The van der Waals surface area contributed by atoms with Gasteiger partial charge in [0.05, 0.1) is 6.04 Å². The fourth-order valence-electron chi connectivity index (χ4n) is 1.29. The van der Waals surface area contributed by atoms with Crippen molar-refractivity contribution in [3.63, 3.8) is 0 Å². The lowest BCUT2D eigenvalue weighted by Crippen LogP contribution is -2.18. The summed E-state index contributed by atoms with van der Waals surface area (Å²) in [5, 5.41) is 2.57. The molecule has 1 atom stereocenters. The first-order valence-electron chi connectivity index (χ1n) is 3.94. The number of halogens is 1. The predicted octanol–water partition coefficient (Wildman–Crippen LogP) is 1.61. The zero-order chi connectivity index (χ0) is 9.26. The number of rotatable bonds is 1. The van der Waals surface area contributed by atoms with Crippen molar-refractivity contribution in [2.45, 2.75) is 6.04 Å². The third-order valence-electron chi connectivity index (χ3n) is 1.92. The normalized spacial score (nSPS) is 21.0. The Morgan fingerprint density at radius 2 is 2.38 bits per heavy atom. The van der Waals surface area contributed by atoms with Crippen LogP contribution >= 0.6 is 0 Å². The fraction of sp³-hybridized carbons (Fsp3) is 0.222. The highest BCUT2D eigenvalue weighted by atomic mass is 19.1. The highest BCUT2D eigenvalue weighted by Gasteiger charge is 2.23. The van der Waals surface area contributed by atoms with Crippen LogP contribution in [0.5, 0.6) is 0 Å². The molecule has 0 radical (unpaired) electrons. The van der Waals surface area contributed by atoms with Crippen LogP contribution in [-0.4, -0.2) is 12.7 Å². The number of hydrogen-bond donors (Lipinski definition) is 1. The van der Waals surface area contributed by atoms with Crippen molar-refractivity contribution in [1.29, 1.82) is 0 Å². The van der Waals surface area contributed by atoms with Crippen molar-refractivity contribution in [1.82, 2.24) is 5.32 Å². The van der Waals surface area contributed by atoms with E-state index in [0.29, 0.717) is 0 Å². The van der Waals surface area contributed by atoms with E-state index in [4.69, 9.17) is 0 Å². The molecule has 0 aromatic heterocycles. The monoisotopic (exact) mass is 181 g/mol. The van der Waals surface area contributed by atoms with Gasteiger partial charge in [0.2, 0.25) is 0 Å². The van der Waals surface area contributed by atoms with Crippen LogP contribution in [0.3, 0.4) is 0 Å². The molecule has 0 aliphatic carbocycles. The third kappa shape index (κ3) is 1.61. The summed E-state index contributed by atoms with van der Waals surface area (Å²) in [5.41, 5.74) is 0.728. The van der Waals surface area contributed by atoms with E-state index in [0.717, 1.165) is 5.56 Å². The van der Waals surface area contributed by atoms with Crippen LogP contribution < -0.4 is 5.32 Å². The Kier molecular flexibility index (Phi) is 1.88. The third-order valence-corrected chi connectivity index (χ3v) is 1.92. The highest BCUT2D eigenvalue weighted by molar-refractivity contribution is 5.70. The summed E-state index contributed by atoms with van der Waals surface area (Å²) >= 11 is 0. The molecule has 0 saturated carbocycles. The van der Waals surface area contributed by atoms with Crippen LogP contribution in [0.4, 0.5) is 9.18 Å². The Labute approximate surface area is 74.5 Å². The molecule has 1 N–H and O–H groups in total. The number of hydrogen-bond acceptors (Lipinski definition) is 2. The van der Waals surface area contributed by atoms with Gasteiger partial charge in [0.25, 0.3) is 0 Å². The summed E-state index contributed by atoms with van der Waals surface area (Å²) < 4.78 is 17.5. The lowest BCUT2D eigenvalue weighted by molar-refractivity contribution is 0.177. The average Bonchev–Trinajstić information content (AvgIpc) is 2.52. The van der Waals surface area contributed by atoms with Crippen LogP contribution in [-0.2, 0) is 4.74 Å². The molecule has 1 fully saturated rings. The number of cyclic esters (lactones) is 1. The molecule has 68 valence electrons. The average molecular weight is 181 g/mol. The Bertz CT molecular complexity index is 340. The molecular formula is C9H8FNO2. The second kappa shape index (κ2) is 3.05. The molecule has 3 nitrogen and oxygen atoms in total. The van der Waals surface area contributed by atoms with Crippen molar-refractivity contribution in [2.75, 3.05) is 6.61 Å². The zero-order valence-electron chi connectivity index (χ0n) is 6.79. The van der Waals surface area contributed by atoms with Gasteiger partial charge in [-0.05, 0) is 17.7 Å². The zero-order valence-corrected chi connectivity index (χ0v) is 6.79. The van der Waals surface area contributed by atoms with Crippen molar-refractivity contribution in [2.24, 2.45) is 0 Å². The Morgan fingerprint density at radius 1 is 1.54 bits per heavy atom. The molecule has 1 saturated heterocycles. The standard InChI is InChI=1S/C9H8FNO2/c10-7-3-1-2-6(4-7)8-5-13-9(12)11-8/h1-4,8H,5H2,(H,11,12)/t8-/m0/s1. The van der Waals surface area contributed by atoms with Crippen LogP contribution in [0.15, 0.2) is 24.3 Å². The van der Waals surface area contributed by atoms with Gasteiger partial charge in [-0.3, -0.25) is 0 Å². The van der Waals surface area contributed by atoms with Gasteiger partial charge >= 0.3 is 6.09 Å². The first kappa shape index (κ1) is 8.04. The molecule has 1 amide bonds. The van der Waals surface area contributed by atoms with Crippen molar-refractivity contribution < 1.29 is 13.9 Å². The molecule has 0 bridgehead atoms. The second-order valence-corrected chi connectivity index (χ2v) is 2.85. The molecule has 2 rings (SSSR count). The van der Waals surface area contributed by atoms with E-state index < -0.39 is 6.09 Å². The summed E-state index contributed by atoms with van der Waals surface area (Å²) in [6.07, 6.45) is -0.450. The molecule has 1 aliphatic heterocycles. The maximum Gasteiger partial charge on any atom is 0.407 e. The number of ether oxygens (including phenoxy) is 1. The number of amides is 1. The number of benzene rings is 1. The van der Waals surface area contributed by atoms with Crippen molar-refractivity contribution >= 4 is 6.09 Å². The van der Waals surface area contributed by atoms with Crippen molar-refractivity contribution in [3.8, 4) is 0 Å². The first-order chi connectivity index (χ1) is 6.25. The lowest BCUT2D eigenvalue weighted by atomic mass is 10.1. The smallest absolute Gasteiger partial charge is 0.407 e. The van der Waals surface area contributed by atoms with Crippen LogP contribution in [0.1, 0.15) is 11.6 Å². The van der Waals surface area contributed by atoms with E-state index in [9.17, 15) is 9.18 Å². The van der Waals surface area contributed by atoms with Gasteiger partial charge in [-0.2, -0.15) is 0 Å². The van der Waals surface area contributed by atoms with Gasteiger partial charge in [-0.15, -0.1) is 0 Å². The maximum absolute atomic E-state index is 12.8. The molecule has 1 aromatic rings. The van der Waals surface area contributed by atoms with E-state index in [-0.39, 0.29) is 18.5 Å². The first-order valence-corrected chi connectivity index (χ1v) is 3.94. The fourth-order valence-corrected chi connectivity index (χ4v) is 1.29. The van der Waals surface area contributed by atoms with Gasteiger partial charge in [0.15, 0.2) is 0 Å². The molecule has 1 aliphatic rings. The minimum atomic E-state index is -0.450. The van der Waals surface area contributed by atoms with Crippen LogP contribution in [0, 0.1) is 5.82 Å². The Morgan fingerprint density at radius 3 is 3.00 bits per heavy atom. The van der Waals surface area contributed by atoms with E-state index in [1.165, 1.54) is 12.1 Å². The summed E-state index contributed by atoms with van der Waals surface area (Å²) in [6.45, 7) is 0.266. The van der Waals surface area contributed by atoms with Gasteiger partial charge in [0, 0.05) is 0 Å². The molecule has 1 aromatic carbocycles. The molecule has 13 heavy (non-hydrogen) atoms. The highest BCUT2D eigenvalue weighted by Crippen LogP contribution is 2.18. The molecular weight excluding hydrogens is 173 g/mol. The SMILES string of the molecule is O=C1N[C@H](c2cccc(F)c2)CO1. The minimum absolute atomic E-state index is 0.219. The van der Waals surface area contributed by atoms with Crippen molar-refractivity contribution in [3.05, 3.63) is 35.6 Å². The summed E-state index contributed by atoms with van der Waals surface area (Å²) in [6, 6.07) is 5.89. The maximum atomic E-state index is 12.8. The molecule has 4 heteroatoms. The quantitative estimate of drug-likeness (QED) is 0.714. The molecule has 0 spiro atoms. The number of nitrogens with one attached hydrogen (secondary N) is 1. The summed E-state index contributed by atoms with van der Waals surface area (Å²) in [7, 11) is 0. The Balaban J connectivity index is 2.21. The van der Waals surface area contributed by atoms with E-state index in [1.54, 1.807) is 12.1 Å². The minimum Gasteiger partial charge on any atom is -0.447 e. The van der Waals surface area contributed by atoms with Gasteiger partial charge in [-0.1, -0.05) is 12.1 Å². The summed E-state index contributed by atoms with van der Waals surface area (Å²) in [5.74, 6) is -0.307. The van der Waals surface area contributed by atoms with E-state index >= 15 is 0 Å². The molecule has 1 heterocycles.